The van der Waals surface area contributed by atoms with E-state index >= 15 is 0 Å². The van der Waals surface area contributed by atoms with Crippen LogP contribution < -0.4 is 10.2 Å². The lowest BCUT2D eigenvalue weighted by molar-refractivity contribution is 0.507. The molecule has 1 aromatic rings. The van der Waals surface area contributed by atoms with Crippen LogP contribution in [0.1, 0.15) is 38.1 Å². The number of imidazole rings is 1. The minimum Gasteiger partial charge on any atom is -0.341 e. The van der Waals surface area contributed by atoms with Gasteiger partial charge in [0.1, 0.15) is 0 Å². The van der Waals surface area contributed by atoms with Crippen molar-refractivity contribution in [2.45, 2.75) is 44.2 Å². The van der Waals surface area contributed by atoms with Gasteiger partial charge in [-0.15, -0.1) is 0 Å². The summed E-state index contributed by atoms with van der Waals surface area (Å²) < 4.78 is 2.39. The van der Waals surface area contributed by atoms with Gasteiger partial charge in [0.05, 0.1) is 0 Å². The first kappa shape index (κ1) is 11.1. The van der Waals surface area contributed by atoms with E-state index in [1.54, 1.807) is 0 Å². The number of hydrogen-bond acceptors (Lipinski definition) is 3. The molecule has 2 heterocycles. The van der Waals surface area contributed by atoms with Crippen molar-refractivity contribution in [1.29, 1.82) is 0 Å². The van der Waals surface area contributed by atoms with Crippen LogP contribution in [0, 0.1) is 0 Å². The van der Waals surface area contributed by atoms with E-state index in [0.717, 1.165) is 19.0 Å². The van der Waals surface area contributed by atoms with Gasteiger partial charge in [-0.3, -0.25) is 0 Å². The van der Waals surface area contributed by atoms with Crippen LogP contribution in [0.3, 0.4) is 0 Å². The van der Waals surface area contributed by atoms with Gasteiger partial charge in [-0.2, -0.15) is 0 Å². The third-order valence-electron chi connectivity index (χ3n) is 4.26. The Balaban J connectivity index is 1.79. The molecule has 0 aromatic carbocycles. The molecule has 0 bridgehead atoms. The zero-order valence-corrected chi connectivity index (χ0v) is 10.6. The number of rotatable bonds is 3. The highest BCUT2D eigenvalue weighted by atomic mass is 15.3. The molecular weight excluding hydrogens is 212 g/mol. The van der Waals surface area contributed by atoms with E-state index in [2.05, 4.69) is 33.0 Å². The number of anilines is 1. The number of aromatic nitrogens is 2. The fourth-order valence-corrected chi connectivity index (χ4v) is 3.18. The Hall–Kier alpha value is -1.03. The van der Waals surface area contributed by atoms with Gasteiger partial charge in [0, 0.05) is 38.1 Å². The molecule has 1 aliphatic heterocycles. The van der Waals surface area contributed by atoms with Crippen molar-refractivity contribution in [3.8, 4) is 0 Å². The molecule has 2 aliphatic rings. The third kappa shape index (κ3) is 2.06. The van der Waals surface area contributed by atoms with Crippen LogP contribution in [0.25, 0.3) is 0 Å². The van der Waals surface area contributed by atoms with Gasteiger partial charge in [0.2, 0.25) is 5.95 Å². The molecule has 17 heavy (non-hydrogen) atoms. The second-order valence-electron chi connectivity index (χ2n) is 5.33. The van der Waals surface area contributed by atoms with Crippen molar-refractivity contribution in [2.75, 3.05) is 25.0 Å². The number of likely N-dealkylation sites (N-methyl/N-ethyl adjacent to an activating group) is 1. The molecule has 1 unspecified atom stereocenters. The van der Waals surface area contributed by atoms with E-state index in [1.165, 1.54) is 32.1 Å². The van der Waals surface area contributed by atoms with Crippen molar-refractivity contribution >= 4 is 5.95 Å². The van der Waals surface area contributed by atoms with Crippen LogP contribution in [-0.2, 0) is 0 Å². The maximum Gasteiger partial charge on any atom is 0.205 e. The first-order valence-corrected chi connectivity index (χ1v) is 6.82. The van der Waals surface area contributed by atoms with Crippen LogP contribution in [0.5, 0.6) is 0 Å². The van der Waals surface area contributed by atoms with Crippen molar-refractivity contribution in [1.82, 2.24) is 14.9 Å². The molecule has 4 nitrogen and oxygen atoms in total. The summed E-state index contributed by atoms with van der Waals surface area (Å²) in [6, 6.07) is 1.29. The molecule has 1 aromatic heterocycles. The van der Waals surface area contributed by atoms with Gasteiger partial charge in [0.25, 0.3) is 0 Å². The highest BCUT2D eigenvalue weighted by Gasteiger charge is 2.25. The predicted molar refractivity (Wildman–Crippen MR) is 69.4 cm³/mol. The Kier molecular flexibility index (Phi) is 3.05. The van der Waals surface area contributed by atoms with E-state index in [0.29, 0.717) is 12.1 Å². The van der Waals surface area contributed by atoms with E-state index < -0.39 is 0 Å². The maximum absolute atomic E-state index is 4.57. The average molecular weight is 234 g/mol. The molecule has 3 rings (SSSR count). The smallest absolute Gasteiger partial charge is 0.205 e. The molecule has 2 fully saturated rings. The normalized spacial score (nSPS) is 25.6. The summed E-state index contributed by atoms with van der Waals surface area (Å²) in [4.78, 5) is 6.93. The fourth-order valence-electron chi connectivity index (χ4n) is 3.18. The van der Waals surface area contributed by atoms with Crippen molar-refractivity contribution in [3.63, 3.8) is 0 Å². The lowest BCUT2D eigenvalue weighted by atomic mass is 10.2. The van der Waals surface area contributed by atoms with Crippen LogP contribution in [-0.4, -0.2) is 35.7 Å². The summed E-state index contributed by atoms with van der Waals surface area (Å²) >= 11 is 0. The Morgan fingerprint density at radius 3 is 2.88 bits per heavy atom. The maximum atomic E-state index is 4.57. The molecule has 1 saturated heterocycles. The molecule has 1 atom stereocenters. The number of nitrogens with zero attached hydrogens (tertiary/aromatic N) is 3. The van der Waals surface area contributed by atoms with E-state index in [4.69, 9.17) is 0 Å². The summed E-state index contributed by atoms with van der Waals surface area (Å²) in [5, 5.41) is 3.43. The summed E-state index contributed by atoms with van der Waals surface area (Å²) in [5.41, 5.74) is 0. The van der Waals surface area contributed by atoms with E-state index in [-0.39, 0.29) is 0 Å². The van der Waals surface area contributed by atoms with Gasteiger partial charge in [-0.05, 0) is 25.8 Å². The zero-order valence-electron chi connectivity index (χ0n) is 10.6. The predicted octanol–water partition coefficient (Wildman–Crippen LogP) is 1.80. The molecule has 0 radical (unpaired) electrons. The van der Waals surface area contributed by atoms with Crippen LogP contribution in [0.15, 0.2) is 12.4 Å². The fraction of sp³-hybridized carbons (Fsp3) is 0.769. The van der Waals surface area contributed by atoms with E-state index in [9.17, 15) is 0 Å². The molecule has 0 spiro atoms. The highest BCUT2D eigenvalue weighted by Crippen LogP contribution is 2.32. The van der Waals surface area contributed by atoms with Gasteiger partial charge in [-0.1, -0.05) is 12.8 Å². The van der Waals surface area contributed by atoms with Gasteiger partial charge >= 0.3 is 0 Å². The largest absolute Gasteiger partial charge is 0.341 e. The summed E-state index contributed by atoms with van der Waals surface area (Å²) in [6.45, 7) is 2.23. The topological polar surface area (TPSA) is 33.1 Å². The third-order valence-corrected chi connectivity index (χ3v) is 4.26. The van der Waals surface area contributed by atoms with Crippen LogP contribution >= 0.6 is 0 Å². The SMILES string of the molecule is CN(c1nccn1C1CCCC1)C1CCNC1. The summed E-state index contributed by atoms with van der Waals surface area (Å²) in [7, 11) is 2.19. The Morgan fingerprint density at radius 2 is 2.18 bits per heavy atom. The van der Waals surface area contributed by atoms with Crippen LogP contribution in [0.2, 0.25) is 0 Å². The molecule has 0 amide bonds. The Labute approximate surface area is 103 Å². The lowest BCUT2D eigenvalue weighted by Crippen LogP contribution is -2.35. The molecular formula is C13H22N4. The van der Waals surface area contributed by atoms with Gasteiger partial charge < -0.3 is 14.8 Å². The monoisotopic (exact) mass is 234 g/mol. The molecule has 1 N–H and O–H groups in total. The van der Waals surface area contributed by atoms with Crippen LogP contribution in [0.4, 0.5) is 5.95 Å². The number of hydrogen-bond donors (Lipinski definition) is 1. The van der Waals surface area contributed by atoms with Crippen molar-refractivity contribution < 1.29 is 0 Å². The Morgan fingerprint density at radius 1 is 1.35 bits per heavy atom. The number of nitrogens with one attached hydrogen (secondary N) is 1. The quantitative estimate of drug-likeness (QED) is 0.865. The van der Waals surface area contributed by atoms with E-state index in [1.807, 2.05) is 6.20 Å². The molecule has 1 saturated carbocycles. The summed E-state index contributed by atoms with van der Waals surface area (Å²) in [6.07, 6.45) is 10.7. The second-order valence-corrected chi connectivity index (χ2v) is 5.33. The van der Waals surface area contributed by atoms with Crippen molar-refractivity contribution in [2.24, 2.45) is 0 Å². The molecule has 94 valence electrons. The first-order chi connectivity index (χ1) is 8.36. The molecule has 1 aliphatic carbocycles. The zero-order chi connectivity index (χ0) is 11.7. The summed E-state index contributed by atoms with van der Waals surface area (Å²) in [5.74, 6) is 1.16. The van der Waals surface area contributed by atoms with Gasteiger partial charge in [-0.25, -0.2) is 4.98 Å². The van der Waals surface area contributed by atoms with Crippen molar-refractivity contribution in [3.05, 3.63) is 12.4 Å². The Bertz CT molecular complexity index is 361. The van der Waals surface area contributed by atoms with Gasteiger partial charge in [0.15, 0.2) is 0 Å². The average Bonchev–Trinajstić information content (AvgIpc) is 3.09. The lowest BCUT2D eigenvalue weighted by Gasteiger charge is -2.27. The minimum absolute atomic E-state index is 0.609. The first-order valence-electron chi connectivity index (χ1n) is 6.82. The minimum atomic E-state index is 0.609. The second kappa shape index (κ2) is 4.69. The standard InChI is InChI=1S/C13H22N4/c1-16(12-6-7-14-10-12)13-15-8-9-17(13)11-4-2-3-5-11/h8-9,11-12,14H,2-7,10H2,1H3. The molecule has 4 heteroatoms. The highest BCUT2D eigenvalue weighted by molar-refractivity contribution is 5.33.